The van der Waals surface area contributed by atoms with Gasteiger partial charge in [0.1, 0.15) is 12.1 Å². The van der Waals surface area contributed by atoms with Crippen LogP contribution in [0.25, 0.3) is 5.78 Å². The molecule has 8 heteroatoms. The number of hydrogen-bond acceptors (Lipinski definition) is 6. The van der Waals surface area contributed by atoms with Crippen molar-refractivity contribution in [3.63, 3.8) is 0 Å². The summed E-state index contributed by atoms with van der Waals surface area (Å²) < 4.78 is 1.77. The van der Waals surface area contributed by atoms with Gasteiger partial charge in [-0.2, -0.15) is 14.6 Å². The van der Waals surface area contributed by atoms with Crippen molar-refractivity contribution < 1.29 is 4.79 Å². The van der Waals surface area contributed by atoms with Crippen molar-refractivity contribution in [1.29, 1.82) is 0 Å². The monoisotopic (exact) mass is 329 g/mol. The number of nitrogens with zero attached hydrogens (tertiary/aromatic N) is 6. The maximum Gasteiger partial charge on any atom is 0.254 e. The van der Waals surface area contributed by atoms with E-state index >= 15 is 0 Å². The van der Waals surface area contributed by atoms with Gasteiger partial charge < -0.3 is 15.1 Å². The van der Waals surface area contributed by atoms with E-state index in [4.69, 9.17) is 0 Å². The zero-order valence-corrected chi connectivity index (χ0v) is 14.0. The summed E-state index contributed by atoms with van der Waals surface area (Å²) in [7, 11) is 0. The van der Waals surface area contributed by atoms with E-state index in [9.17, 15) is 4.79 Å². The minimum absolute atomic E-state index is 0.201. The van der Waals surface area contributed by atoms with Gasteiger partial charge in [0.05, 0.1) is 6.54 Å². The van der Waals surface area contributed by atoms with Gasteiger partial charge in [-0.3, -0.25) is 4.79 Å². The second-order valence-electron chi connectivity index (χ2n) is 6.67. The maximum atomic E-state index is 12.3. The Bertz CT molecular complexity index is 731. The molecular weight excluding hydrogens is 306 g/mol. The van der Waals surface area contributed by atoms with E-state index in [1.807, 2.05) is 17.9 Å². The van der Waals surface area contributed by atoms with Gasteiger partial charge in [-0.15, -0.1) is 0 Å². The molecule has 0 atom stereocenters. The number of carbonyl (C=O) groups is 1. The Labute approximate surface area is 140 Å². The fraction of sp³-hybridized carbons (Fsp3) is 0.625. The lowest BCUT2D eigenvalue weighted by molar-refractivity contribution is -0.130. The summed E-state index contributed by atoms with van der Waals surface area (Å²) in [6.07, 6.45) is 4.14. The van der Waals surface area contributed by atoms with Gasteiger partial charge in [0.25, 0.3) is 5.78 Å². The van der Waals surface area contributed by atoms with E-state index < -0.39 is 0 Å². The predicted octanol–water partition coefficient (Wildman–Crippen LogP) is 0.0809. The quantitative estimate of drug-likeness (QED) is 0.837. The molecule has 2 fully saturated rings. The van der Waals surface area contributed by atoms with E-state index in [1.54, 1.807) is 4.52 Å². The Morgan fingerprint density at radius 3 is 2.83 bits per heavy atom. The molecule has 4 rings (SSSR count). The molecule has 2 aromatic rings. The van der Waals surface area contributed by atoms with Crippen molar-refractivity contribution in [3.05, 3.63) is 18.1 Å². The molecule has 0 bridgehead atoms. The predicted molar refractivity (Wildman–Crippen MR) is 89.9 cm³/mol. The van der Waals surface area contributed by atoms with Crippen LogP contribution in [0.1, 0.15) is 18.5 Å². The average Bonchev–Trinajstić information content (AvgIpc) is 3.29. The highest BCUT2D eigenvalue weighted by Crippen LogP contribution is 2.27. The lowest BCUT2D eigenvalue weighted by Gasteiger charge is -2.36. The summed E-state index contributed by atoms with van der Waals surface area (Å²) >= 11 is 0. The molecule has 1 aliphatic carbocycles. The first-order valence-corrected chi connectivity index (χ1v) is 8.61. The van der Waals surface area contributed by atoms with Crippen LogP contribution in [0.3, 0.4) is 0 Å². The van der Waals surface area contributed by atoms with Crippen molar-refractivity contribution in [1.82, 2.24) is 29.8 Å². The van der Waals surface area contributed by atoms with Crippen molar-refractivity contribution in [2.75, 3.05) is 44.2 Å². The van der Waals surface area contributed by atoms with Crippen LogP contribution in [0.15, 0.2) is 12.4 Å². The van der Waals surface area contributed by atoms with Gasteiger partial charge in [-0.05, 0) is 32.2 Å². The normalized spacial score (nSPS) is 18.4. The molecule has 0 radical (unpaired) electrons. The summed E-state index contributed by atoms with van der Waals surface area (Å²) in [5, 5.41) is 7.54. The Hall–Kier alpha value is -2.22. The van der Waals surface area contributed by atoms with Gasteiger partial charge in [-0.1, -0.05) is 0 Å². The number of rotatable bonds is 5. The number of piperazine rings is 1. The number of amides is 1. The highest BCUT2D eigenvalue weighted by Gasteiger charge is 2.24. The lowest BCUT2D eigenvalue weighted by atomic mass is 10.3. The van der Waals surface area contributed by atoms with Crippen LogP contribution >= 0.6 is 0 Å². The van der Waals surface area contributed by atoms with Gasteiger partial charge in [-0.25, -0.2) is 4.98 Å². The molecule has 3 heterocycles. The smallest absolute Gasteiger partial charge is 0.254 e. The minimum atomic E-state index is 0.201. The van der Waals surface area contributed by atoms with Gasteiger partial charge in [0, 0.05) is 37.9 Å². The first-order valence-electron chi connectivity index (χ1n) is 8.61. The highest BCUT2D eigenvalue weighted by atomic mass is 16.2. The molecule has 1 saturated carbocycles. The third-order valence-corrected chi connectivity index (χ3v) is 4.72. The zero-order chi connectivity index (χ0) is 16.5. The number of nitrogens with one attached hydrogen (secondary N) is 1. The summed E-state index contributed by atoms with van der Waals surface area (Å²) in [6, 6.07) is 2.02. The van der Waals surface area contributed by atoms with Crippen molar-refractivity contribution in [2.24, 2.45) is 5.92 Å². The van der Waals surface area contributed by atoms with Crippen LogP contribution in [0.5, 0.6) is 0 Å². The van der Waals surface area contributed by atoms with E-state index in [-0.39, 0.29) is 5.91 Å². The SMILES string of the molecule is Cc1cc(N2CCN(C(=O)CNCC3CC3)CC2)n2ncnc2n1. The van der Waals surface area contributed by atoms with Crippen LogP contribution in [-0.4, -0.2) is 69.7 Å². The summed E-state index contributed by atoms with van der Waals surface area (Å²) in [5.41, 5.74) is 0.924. The van der Waals surface area contributed by atoms with Crippen molar-refractivity contribution in [3.8, 4) is 0 Å². The number of aromatic nitrogens is 4. The second-order valence-corrected chi connectivity index (χ2v) is 6.67. The third kappa shape index (κ3) is 3.19. The Morgan fingerprint density at radius 1 is 1.29 bits per heavy atom. The standard InChI is InChI=1S/C16H23N7O/c1-12-8-14(23-16(20-12)18-11-19-23)21-4-6-22(7-5-21)15(24)10-17-9-13-2-3-13/h8,11,13,17H,2-7,9-10H2,1H3. The maximum absolute atomic E-state index is 12.3. The Kier molecular flexibility index (Phi) is 4.05. The summed E-state index contributed by atoms with van der Waals surface area (Å²) in [6.45, 7) is 6.47. The second kappa shape index (κ2) is 6.35. The number of carbonyl (C=O) groups excluding carboxylic acids is 1. The largest absolute Gasteiger partial charge is 0.353 e. The van der Waals surface area contributed by atoms with E-state index in [2.05, 4.69) is 25.3 Å². The van der Waals surface area contributed by atoms with Crippen molar-refractivity contribution in [2.45, 2.75) is 19.8 Å². The molecule has 0 spiro atoms. The van der Waals surface area contributed by atoms with Crippen LogP contribution in [0.2, 0.25) is 0 Å². The zero-order valence-electron chi connectivity index (χ0n) is 14.0. The van der Waals surface area contributed by atoms with Gasteiger partial charge in [0.2, 0.25) is 5.91 Å². The molecule has 2 aliphatic rings. The molecule has 0 aromatic carbocycles. The third-order valence-electron chi connectivity index (χ3n) is 4.72. The van der Waals surface area contributed by atoms with E-state index in [1.165, 1.54) is 19.2 Å². The fourth-order valence-electron chi connectivity index (χ4n) is 3.14. The number of fused-ring (bicyclic) bond motifs is 1. The lowest BCUT2D eigenvalue weighted by Crippen LogP contribution is -2.51. The Morgan fingerprint density at radius 2 is 2.08 bits per heavy atom. The summed E-state index contributed by atoms with van der Waals surface area (Å²) in [4.78, 5) is 25.0. The van der Waals surface area contributed by atoms with Gasteiger partial charge in [0.15, 0.2) is 0 Å². The fourth-order valence-corrected chi connectivity index (χ4v) is 3.14. The molecule has 24 heavy (non-hydrogen) atoms. The minimum Gasteiger partial charge on any atom is -0.353 e. The van der Waals surface area contributed by atoms with Crippen LogP contribution in [0.4, 0.5) is 5.82 Å². The summed E-state index contributed by atoms with van der Waals surface area (Å²) in [5.74, 6) is 2.61. The number of anilines is 1. The molecule has 1 saturated heterocycles. The molecule has 8 nitrogen and oxygen atoms in total. The molecule has 1 amide bonds. The van der Waals surface area contributed by atoms with Crippen LogP contribution in [-0.2, 0) is 4.79 Å². The van der Waals surface area contributed by atoms with Crippen molar-refractivity contribution >= 4 is 17.5 Å². The molecule has 1 N–H and O–H groups in total. The molecular formula is C16H23N7O. The van der Waals surface area contributed by atoms with Gasteiger partial charge >= 0.3 is 0 Å². The van der Waals surface area contributed by atoms with E-state index in [0.29, 0.717) is 12.3 Å². The number of aryl methyl sites for hydroxylation is 1. The molecule has 2 aromatic heterocycles. The topological polar surface area (TPSA) is 78.7 Å². The number of hydrogen-bond donors (Lipinski definition) is 1. The first-order chi connectivity index (χ1) is 11.7. The van der Waals surface area contributed by atoms with Crippen LogP contribution < -0.4 is 10.2 Å². The van der Waals surface area contributed by atoms with Crippen LogP contribution in [0, 0.1) is 12.8 Å². The molecule has 1 aliphatic heterocycles. The first kappa shape index (κ1) is 15.3. The Balaban J connectivity index is 1.36. The average molecular weight is 329 g/mol. The highest BCUT2D eigenvalue weighted by molar-refractivity contribution is 5.78. The van der Waals surface area contributed by atoms with E-state index in [0.717, 1.165) is 50.2 Å². The molecule has 128 valence electrons. The molecule has 0 unspecified atom stereocenters.